The Labute approximate surface area is 67.7 Å². The van der Waals surface area contributed by atoms with Crippen molar-refractivity contribution in [2.75, 3.05) is 6.16 Å². The summed E-state index contributed by atoms with van der Waals surface area (Å²) in [5.74, 6) is -2.50. The molecule has 74 valence electrons. The molecule has 0 heterocycles. The van der Waals surface area contributed by atoms with Crippen LogP contribution >= 0.6 is 15.2 Å². The van der Waals surface area contributed by atoms with Crippen molar-refractivity contribution in [1.29, 1.82) is 0 Å². The van der Waals surface area contributed by atoms with Crippen LogP contribution in [0.5, 0.6) is 0 Å². The first-order valence-corrected chi connectivity index (χ1v) is 6.35. The molecule has 0 saturated heterocycles. The van der Waals surface area contributed by atoms with E-state index in [1.54, 1.807) is 0 Å². The molecule has 0 aromatic carbocycles. The van der Waals surface area contributed by atoms with E-state index in [-0.39, 0.29) is 0 Å². The normalized spacial score (nSPS) is 16.1. The zero-order valence-corrected chi connectivity index (χ0v) is 7.66. The first-order valence-electron chi connectivity index (χ1n) is 2.87. The third-order valence-corrected chi connectivity index (χ3v) is 2.85. The molecule has 0 radical (unpaired) electrons. The molecule has 0 aliphatic heterocycles. The molecule has 12 heavy (non-hydrogen) atoms. The van der Waals surface area contributed by atoms with E-state index in [1.165, 1.54) is 0 Å². The van der Waals surface area contributed by atoms with Gasteiger partial charge in [0, 0.05) is 6.42 Å². The van der Waals surface area contributed by atoms with Gasteiger partial charge in [-0.2, -0.15) is 0 Å². The Morgan fingerprint density at radius 3 is 1.83 bits per heavy atom. The average molecular weight is 222 g/mol. The Morgan fingerprint density at radius 1 is 1.17 bits per heavy atom. The minimum atomic E-state index is -4.85. The molecule has 0 aromatic heterocycles. The van der Waals surface area contributed by atoms with Crippen LogP contribution in [0, 0.1) is 0 Å². The monoisotopic (exact) mass is 222 g/mol. The Morgan fingerprint density at radius 2 is 1.58 bits per heavy atom. The second-order valence-corrected chi connectivity index (χ2v) is 5.72. The van der Waals surface area contributed by atoms with Crippen LogP contribution in [0.15, 0.2) is 0 Å². The van der Waals surface area contributed by atoms with Crippen LogP contribution in [0.2, 0.25) is 0 Å². The van der Waals surface area contributed by atoms with Gasteiger partial charge >= 0.3 is 15.2 Å². The van der Waals surface area contributed by atoms with Crippen molar-refractivity contribution >= 4 is 15.2 Å². The van der Waals surface area contributed by atoms with Crippen molar-refractivity contribution < 1.29 is 33.1 Å². The lowest BCUT2D eigenvalue weighted by Gasteiger charge is -2.09. The smallest absolute Gasteiger partial charge is 0.324 e. The van der Waals surface area contributed by atoms with Gasteiger partial charge in [0.25, 0.3) is 0 Å². The molecule has 0 aliphatic rings. The van der Waals surface area contributed by atoms with E-state index in [4.69, 9.17) is 19.6 Å². The van der Waals surface area contributed by atoms with E-state index in [2.05, 4.69) is 0 Å². The second kappa shape index (κ2) is 3.96. The summed E-state index contributed by atoms with van der Waals surface area (Å²) < 4.78 is 32.6. The standard InChI is InChI=1S/C3H9FO6P2/c4-3(12(8,9)10)1-2-11(5,6)7/h3H,1-2H2,(H2,5,6,7)(H2,8,9,10). The molecule has 0 rings (SSSR count). The topological polar surface area (TPSA) is 115 Å². The van der Waals surface area contributed by atoms with E-state index in [0.29, 0.717) is 0 Å². The van der Waals surface area contributed by atoms with Crippen LogP contribution in [-0.4, -0.2) is 31.6 Å². The predicted octanol–water partition coefficient (Wildman–Crippen LogP) is 0.0275. The SMILES string of the molecule is O=P(O)(O)CCC(F)P(=O)(O)O. The van der Waals surface area contributed by atoms with Gasteiger partial charge in [-0.25, -0.2) is 4.39 Å². The maximum atomic E-state index is 12.3. The summed E-state index contributed by atoms with van der Waals surface area (Å²) in [5.41, 5.74) is 0. The highest BCUT2D eigenvalue weighted by Crippen LogP contribution is 2.46. The molecule has 1 unspecified atom stereocenters. The van der Waals surface area contributed by atoms with Gasteiger partial charge in [-0.15, -0.1) is 0 Å². The first-order chi connectivity index (χ1) is 5.13. The number of hydrogen-bond donors (Lipinski definition) is 4. The van der Waals surface area contributed by atoms with Crippen LogP contribution in [0.4, 0.5) is 4.39 Å². The minimum absolute atomic E-state index is 0.839. The Balaban J connectivity index is 3.97. The van der Waals surface area contributed by atoms with Crippen LogP contribution in [0.25, 0.3) is 0 Å². The summed E-state index contributed by atoms with van der Waals surface area (Å²) in [7, 11) is -9.23. The first kappa shape index (κ1) is 12.2. The molecular weight excluding hydrogens is 213 g/mol. The van der Waals surface area contributed by atoms with Gasteiger partial charge in [-0.1, -0.05) is 0 Å². The predicted molar refractivity (Wildman–Crippen MR) is 38.5 cm³/mol. The number of alkyl halides is 1. The van der Waals surface area contributed by atoms with Gasteiger partial charge < -0.3 is 19.6 Å². The van der Waals surface area contributed by atoms with Crippen LogP contribution < -0.4 is 0 Å². The van der Waals surface area contributed by atoms with E-state index in [9.17, 15) is 13.5 Å². The van der Waals surface area contributed by atoms with Crippen molar-refractivity contribution in [2.24, 2.45) is 0 Å². The highest BCUT2D eigenvalue weighted by Gasteiger charge is 2.30. The van der Waals surface area contributed by atoms with E-state index in [1.807, 2.05) is 0 Å². The van der Waals surface area contributed by atoms with Gasteiger partial charge in [0.05, 0.1) is 6.16 Å². The number of halogens is 1. The lowest BCUT2D eigenvalue weighted by atomic mass is 10.5. The third-order valence-electron chi connectivity index (χ3n) is 1.02. The zero-order chi connectivity index (χ0) is 9.99. The van der Waals surface area contributed by atoms with Gasteiger partial charge in [-0.05, 0) is 0 Å². The molecular formula is C3H9FO6P2. The van der Waals surface area contributed by atoms with Crippen molar-refractivity contribution in [3.05, 3.63) is 0 Å². The molecule has 1 atom stereocenters. The Bertz CT molecular complexity index is 229. The van der Waals surface area contributed by atoms with Gasteiger partial charge in [0.2, 0.25) is 5.91 Å². The lowest BCUT2D eigenvalue weighted by molar-refractivity contribution is 0.292. The van der Waals surface area contributed by atoms with Crippen LogP contribution in [0.1, 0.15) is 6.42 Å². The van der Waals surface area contributed by atoms with Crippen molar-refractivity contribution in [2.45, 2.75) is 12.3 Å². The molecule has 4 N–H and O–H groups in total. The third kappa shape index (κ3) is 5.83. The highest BCUT2D eigenvalue weighted by atomic mass is 31.2. The van der Waals surface area contributed by atoms with Gasteiger partial charge in [0.15, 0.2) is 0 Å². The summed E-state index contributed by atoms with van der Waals surface area (Å²) in [6.07, 6.45) is -1.70. The molecule has 0 aliphatic carbocycles. The van der Waals surface area contributed by atoms with Crippen LogP contribution in [0.3, 0.4) is 0 Å². The van der Waals surface area contributed by atoms with Gasteiger partial charge in [0.1, 0.15) is 0 Å². The summed E-state index contributed by atoms with van der Waals surface area (Å²) >= 11 is 0. The molecule has 9 heteroatoms. The lowest BCUT2D eigenvalue weighted by Crippen LogP contribution is -2.04. The summed E-state index contributed by atoms with van der Waals surface area (Å²) in [5, 5.41) is 0. The molecule has 0 saturated carbocycles. The fourth-order valence-corrected chi connectivity index (χ4v) is 1.68. The number of rotatable bonds is 4. The van der Waals surface area contributed by atoms with E-state index >= 15 is 0 Å². The van der Waals surface area contributed by atoms with Crippen molar-refractivity contribution in [1.82, 2.24) is 0 Å². The Hall–Kier alpha value is 0.230. The summed E-state index contributed by atoms with van der Waals surface area (Å²) in [4.78, 5) is 32.8. The molecule has 0 spiro atoms. The van der Waals surface area contributed by atoms with Crippen molar-refractivity contribution in [3.63, 3.8) is 0 Å². The second-order valence-electron chi connectivity index (χ2n) is 2.20. The largest absolute Gasteiger partial charge is 0.359 e. The molecule has 0 fully saturated rings. The summed E-state index contributed by atoms with van der Waals surface area (Å²) in [6, 6.07) is 0. The Kier molecular flexibility index (Phi) is 4.03. The molecule has 0 aromatic rings. The fraction of sp³-hybridized carbons (Fsp3) is 1.00. The zero-order valence-electron chi connectivity index (χ0n) is 5.87. The fourth-order valence-electron chi connectivity index (χ4n) is 0.443. The van der Waals surface area contributed by atoms with E-state index < -0.39 is 33.7 Å². The van der Waals surface area contributed by atoms with Gasteiger partial charge in [-0.3, -0.25) is 9.13 Å². The summed E-state index contributed by atoms with van der Waals surface area (Å²) in [6.45, 7) is 0. The maximum Gasteiger partial charge on any atom is 0.359 e. The quantitative estimate of drug-likeness (QED) is 0.498. The molecule has 6 nitrogen and oxygen atoms in total. The molecule has 0 amide bonds. The minimum Gasteiger partial charge on any atom is -0.324 e. The average Bonchev–Trinajstić information content (AvgIpc) is 1.78. The van der Waals surface area contributed by atoms with E-state index in [0.717, 1.165) is 0 Å². The maximum absolute atomic E-state index is 12.3. The van der Waals surface area contributed by atoms with Crippen molar-refractivity contribution in [3.8, 4) is 0 Å². The molecule has 0 bridgehead atoms. The van der Waals surface area contributed by atoms with Crippen LogP contribution in [-0.2, 0) is 9.13 Å². The highest BCUT2D eigenvalue weighted by molar-refractivity contribution is 7.53. The number of hydrogen-bond acceptors (Lipinski definition) is 2.